The summed E-state index contributed by atoms with van der Waals surface area (Å²) in [6.45, 7) is 2.46. The maximum atomic E-state index is 14.7. The van der Waals surface area contributed by atoms with Crippen molar-refractivity contribution in [3.63, 3.8) is 0 Å². The van der Waals surface area contributed by atoms with E-state index in [1.54, 1.807) is 36.6 Å². The minimum Gasteiger partial charge on any atom is -0.497 e. The molecule has 3 aromatic rings. The van der Waals surface area contributed by atoms with Gasteiger partial charge < -0.3 is 14.9 Å². The number of nitrogens with zero attached hydrogens (tertiary/aromatic N) is 2. The Kier molecular flexibility index (Phi) is 7.61. The molecular formula is C26H29FN2O3S. The monoisotopic (exact) mass is 468 g/mol. The molecule has 1 saturated heterocycles. The third-order valence-corrected chi connectivity index (χ3v) is 7.42. The first-order chi connectivity index (χ1) is 16.0. The van der Waals surface area contributed by atoms with Gasteiger partial charge in [0.15, 0.2) is 0 Å². The molecule has 0 amide bonds. The number of fused-ring (bicyclic) bond motifs is 1. The summed E-state index contributed by atoms with van der Waals surface area (Å²) in [6, 6.07) is 9.25. The molecule has 1 aliphatic rings. The lowest BCUT2D eigenvalue weighted by molar-refractivity contribution is 0.0270. The van der Waals surface area contributed by atoms with E-state index in [0.717, 1.165) is 37.0 Å². The van der Waals surface area contributed by atoms with Crippen LogP contribution >= 0.6 is 11.3 Å². The number of rotatable bonds is 7. The van der Waals surface area contributed by atoms with E-state index in [9.17, 15) is 14.6 Å². The van der Waals surface area contributed by atoms with Crippen LogP contribution in [0, 0.1) is 23.1 Å². The smallest absolute Gasteiger partial charge is 0.147 e. The lowest BCUT2D eigenvalue weighted by Gasteiger charge is -2.40. The largest absolute Gasteiger partial charge is 0.497 e. The van der Waals surface area contributed by atoms with Gasteiger partial charge in [-0.15, -0.1) is 11.3 Å². The molecule has 2 N–H and O–H groups in total. The molecule has 174 valence electrons. The van der Waals surface area contributed by atoms with Gasteiger partial charge in [0.05, 0.1) is 36.3 Å². The summed E-state index contributed by atoms with van der Waals surface area (Å²) in [4.78, 5) is 7.50. The molecule has 1 unspecified atom stereocenters. The summed E-state index contributed by atoms with van der Waals surface area (Å²) in [5, 5.41) is 23.7. The van der Waals surface area contributed by atoms with Crippen molar-refractivity contribution < 1.29 is 19.3 Å². The average Bonchev–Trinajstić information content (AvgIpc) is 3.36. The fraction of sp³-hybridized carbons (Fsp3) is 0.423. The average molecular weight is 469 g/mol. The summed E-state index contributed by atoms with van der Waals surface area (Å²) < 4.78 is 20.0. The van der Waals surface area contributed by atoms with Crippen molar-refractivity contribution in [3.05, 3.63) is 58.2 Å². The van der Waals surface area contributed by atoms with Crippen molar-refractivity contribution in [2.45, 2.75) is 31.8 Å². The van der Waals surface area contributed by atoms with Crippen LogP contribution in [0.1, 0.15) is 42.2 Å². The van der Waals surface area contributed by atoms with Crippen molar-refractivity contribution in [1.82, 2.24) is 9.88 Å². The number of aromatic nitrogens is 1. The number of hydrogen-bond donors (Lipinski definition) is 2. The number of aliphatic hydroxyl groups is 2. The van der Waals surface area contributed by atoms with Crippen molar-refractivity contribution >= 4 is 22.2 Å². The van der Waals surface area contributed by atoms with Gasteiger partial charge in [0, 0.05) is 17.6 Å². The first kappa shape index (κ1) is 23.7. The highest BCUT2D eigenvalue weighted by molar-refractivity contribution is 7.10. The number of methoxy groups -OCH3 is 1. The Labute approximate surface area is 197 Å². The summed E-state index contributed by atoms with van der Waals surface area (Å²) in [5.41, 5.74) is 0.587. The Bertz CT molecular complexity index is 1130. The number of thiophene rings is 1. The van der Waals surface area contributed by atoms with Crippen molar-refractivity contribution in [2.24, 2.45) is 5.41 Å². The molecule has 0 spiro atoms. The highest BCUT2D eigenvalue weighted by atomic mass is 32.1. The third kappa shape index (κ3) is 5.53. The molecule has 1 aromatic carbocycles. The van der Waals surface area contributed by atoms with Crippen LogP contribution in [0.25, 0.3) is 10.9 Å². The molecule has 0 bridgehead atoms. The third-order valence-electron chi connectivity index (χ3n) is 6.64. The molecular weight excluding hydrogens is 439 g/mol. The van der Waals surface area contributed by atoms with Gasteiger partial charge in [-0.2, -0.15) is 0 Å². The predicted molar refractivity (Wildman–Crippen MR) is 129 cm³/mol. The summed E-state index contributed by atoms with van der Waals surface area (Å²) in [7, 11) is 1.55. The van der Waals surface area contributed by atoms with Crippen LogP contribution in [0.5, 0.6) is 5.75 Å². The quantitative estimate of drug-likeness (QED) is 0.504. The van der Waals surface area contributed by atoms with E-state index in [-0.39, 0.29) is 17.6 Å². The summed E-state index contributed by atoms with van der Waals surface area (Å²) >= 11 is 1.64. The summed E-state index contributed by atoms with van der Waals surface area (Å²) in [5.74, 6) is 6.48. The van der Waals surface area contributed by atoms with E-state index in [1.165, 1.54) is 0 Å². The Hall–Kier alpha value is -2.50. The van der Waals surface area contributed by atoms with Gasteiger partial charge in [-0.25, -0.2) is 4.39 Å². The molecule has 7 heteroatoms. The SMILES string of the molecule is COc1ccc2ncc(F)c(C(O)CCC3(CO)CCN(CC#Cc4cccs4)CC3)c2c1. The second-order valence-corrected chi connectivity index (χ2v) is 9.62. The molecule has 1 fully saturated rings. The zero-order chi connectivity index (χ0) is 23.3. The molecule has 3 heterocycles. The highest BCUT2D eigenvalue weighted by Gasteiger charge is 2.34. The van der Waals surface area contributed by atoms with Crippen LogP contribution in [-0.2, 0) is 0 Å². The number of pyridine rings is 1. The van der Waals surface area contributed by atoms with E-state index in [1.807, 2.05) is 17.5 Å². The number of ether oxygens (including phenoxy) is 1. The van der Waals surface area contributed by atoms with Crippen LogP contribution in [0.3, 0.4) is 0 Å². The Morgan fingerprint density at radius 3 is 2.82 bits per heavy atom. The minimum absolute atomic E-state index is 0.0574. The van der Waals surface area contributed by atoms with E-state index in [4.69, 9.17) is 4.74 Å². The van der Waals surface area contributed by atoms with Gasteiger partial charge in [0.25, 0.3) is 0 Å². The highest BCUT2D eigenvalue weighted by Crippen LogP contribution is 2.39. The zero-order valence-electron chi connectivity index (χ0n) is 18.8. The van der Waals surface area contributed by atoms with Gasteiger partial charge in [-0.05, 0) is 73.8 Å². The number of halogens is 1. The van der Waals surface area contributed by atoms with Gasteiger partial charge in [0.1, 0.15) is 11.6 Å². The Morgan fingerprint density at radius 1 is 1.30 bits per heavy atom. The van der Waals surface area contributed by atoms with Crippen molar-refractivity contribution in [2.75, 3.05) is 33.4 Å². The maximum Gasteiger partial charge on any atom is 0.147 e. The van der Waals surface area contributed by atoms with E-state index in [0.29, 0.717) is 36.0 Å². The molecule has 2 aromatic heterocycles. The molecule has 0 radical (unpaired) electrons. The zero-order valence-corrected chi connectivity index (χ0v) is 19.6. The molecule has 1 aliphatic heterocycles. The maximum absolute atomic E-state index is 14.7. The second kappa shape index (κ2) is 10.6. The fourth-order valence-corrected chi connectivity index (χ4v) is 5.07. The number of benzene rings is 1. The fourth-order valence-electron chi connectivity index (χ4n) is 4.48. The van der Waals surface area contributed by atoms with Crippen LogP contribution in [0.4, 0.5) is 4.39 Å². The predicted octanol–water partition coefficient (Wildman–Crippen LogP) is 4.38. The van der Waals surface area contributed by atoms with Crippen LogP contribution in [0.2, 0.25) is 0 Å². The van der Waals surface area contributed by atoms with Crippen molar-refractivity contribution in [1.29, 1.82) is 0 Å². The molecule has 33 heavy (non-hydrogen) atoms. The van der Waals surface area contributed by atoms with Crippen LogP contribution in [0.15, 0.2) is 41.9 Å². The Balaban J connectivity index is 1.39. The number of piperidine rings is 1. The second-order valence-electron chi connectivity index (χ2n) is 8.67. The van der Waals surface area contributed by atoms with E-state index in [2.05, 4.69) is 21.7 Å². The Morgan fingerprint density at radius 2 is 2.12 bits per heavy atom. The molecule has 0 saturated carbocycles. The van der Waals surface area contributed by atoms with E-state index >= 15 is 0 Å². The number of hydrogen-bond acceptors (Lipinski definition) is 6. The first-order valence-electron chi connectivity index (χ1n) is 11.2. The molecule has 4 rings (SSSR count). The van der Waals surface area contributed by atoms with Crippen molar-refractivity contribution in [3.8, 4) is 17.6 Å². The molecule has 5 nitrogen and oxygen atoms in total. The summed E-state index contributed by atoms with van der Waals surface area (Å²) in [6.07, 6.45) is 2.80. The lowest BCUT2D eigenvalue weighted by Crippen LogP contribution is -2.42. The van der Waals surface area contributed by atoms with Crippen LogP contribution < -0.4 is 4.74 Å². The van der Waals surface area contributed by atoms with Crippen LogP contribution in [-0.4, -0.2) is 53.4 Å². The number of aliphatic hydroxyl groups excluding tert-OH is 2. The normalized spacial score (nSPS) is 16.8. The van der Waals surface area contributed by atoms with Gasteiger partial charge in [-0.3, -0.25) is 9.88 Å². The van der Waals surface area contributed by atoms with E-state index < -0.39 is 11.9 Å². The van der Waals surface area contributed by atoms with Gasteiger partial charge in [0.2, 0.25) is 0 Å². The molecule has 1 atom stereocenters. The topological polar surface area (TPSA) is 65.8 Å². The first-order valence-corrected chi connectivity index (χ1v) is 12.1. The van der Waals surface area contributed by atoms with Gasteiger partial charge in [-0.1, -0.05) is 17.9 Å². The minimum atomic E-state index is -0.985. The number of likely N-dealkylation sites (tertiary alicyclic amines) is 1. The standard InChI is InChI=1S/C26H29FN2O3S/c1-32-19-6-7-23-21(16-19)25(22(27)17-28-23)24(31)8-9-26(18-30)10-13-29(14-11-26)12-2-4-20-5-3-15-33-20/h3,5-7,15-17,24,30-31H,8-14,18H2,1H3. The molecule has 0 aliphatic carbocycles. The van der Waals surface area contributed by atoms with Gasteiger partial charge >= 0.3 is 0 Å². The lowest BCUT2D eigenvalue weighted by atomic mass is 9.74.